The molecule has 0 fully saturated rings. The van der Waals surface area contributed by atoms with E-state index in [1.807, 2.05) is 36.5 Å². The first-order valence-electron chi connectivity index (χ1n) is 4.67. The molecule has 0 bridgehead atoms. The van der Waals surface area contributed by atoms with Gasteiger partial charge in [0.2, 0.25) is 0 Å². The number of imidazole rings is 1. The summed E-state index contributed by atoms with van der Waals surface area (Å²) in [6.07, 6.45) is 1.86. The van der Waals surface area contributed by atoms with Crippen molar-refractivity contribution >= 4 is 28.2 Å². The molecule has 0 aliphatic heterocycles. The fourth-order valence-electron chi connectivity index (χ4n) is 1.63. The van der Waals surface area contributed by atoms with Crippen LogP contribution in [0.2, 0.25) is 0 Å². The van der Waals surface area contributed by atoms with E-state index < -0.39 is 0 Å². The highest BCUT2D eigenvalue weighted by atomic mass is 35.5. The quantitative estimate of drug-likeness (QED) is 0.587. The Kier molecular flexibility index (Phi) is 1.86. The third-order valence-electron chi connectivity index (χ3n) is 2.34. The number of halogens is 1. The zero-order chi connectivity index (χ0) is 10.3. The number of alkyl halides is 1. The van der Waals surface area contributed by atoms with Crippen molar-refractivity contribution in [1.29, 1.82) is 0 Å². The van der Waals surface area contributed by atoms with Crippen molar-refractivity contribution in [2.45, 2.75) is 5.88 Å². The fraction of sp³-hybridized carbons (Fsp3) is 0.0909. The first-order chi connectivity index (χ1) is 7.36. The van der Waals surface area contributed by atoms with E-state index >= 15 is 0 Å². The standard InChI is InChI=1S/C11H8ClN3/c12-6-9-7-15-11(13-9)5-8-3-1-2-4-10(8)14-15/h1-5,7H,6H2. The minimum atomic E-state index is 0.416. The lowest BCUT2D eigenvalue weighted by molar-refractivity contribution is 0.967. The van der Waals surface area contributed by atoms with Gasteiger partial charge in [0, 0.05) is 5.39 Å². The summed E-state index contributed by atoms with van der Waals surface area (Å²) < 4.78 is 1.76. The van der Waals surface area contributed by atoms with Crippen molar-refractivity contribution in [1.82, 2.24) is 14.6 Å². The Bertz CT molecular complexity index is 577. The monoisotopic (exact) mass is 217 g/mol. The van der Waals surface area contributed by atoms with Crippen molar-refractivity contribution in [3.05, 3.63) is 42.2 Å². The molecule has 74 valence electrons. The van der Waals surface area contributed by atoms with Crippen LogP contribution in [0.15, 0.2) is 36.5 Å². The van der Waals surface area contributed by atoms with Gasteiger partial charge < -0.3 is 0 Å². The van der Waals surface area contributed by atoms with Crippen LogP contribution in [0.4, 0.5) is 0 Å². The molecule has 2 heterocycles. The van der Waals surface area contributed by atoms with Crippen molar-refractivity contribution in [3.63, 3.8) is 0 Å². The van der Waals surface area contributed by atoms with Gasteiger partial charge in [-0.2, -0.15) is 5.10 Å². The average Bonchev–Trinajstić information content (AvgIpc) is 2.67. The van der Waals surface area contributed by atoms with Crippen molar-refractivity contribution in [2.24, 2.45) is 0 Å². The Hall–Kier alpha value is -1.61. The molecule has 0 unspecified atom stereocenters. The van der Waals surface area contributed by atoms with Gasteiger partial charge in [0.15, 0.2) is 5.65 Å². The maximum atomic E-state index is 5.73. The summed E-state index contributed by atoms with van der Waals surface area (Å²) in [5.74, 6) is 0.416. The van der Waals surface area contributed by atoms with Crippen LogP contribution < -0.4 is 0 Å². The van der Waals surface area contributed by atoms with E-state index in [1.54, 1.807) is 4.52 Å². The molecule has 2 aromatic heterocycles. The molecule has 15 heavy (non-hydrogen) atoms. The van der Waals surface area contributed by atoms with Crippen LogP contribution >= 0.6 is 11.6 Å². The fourth-order valence-corrected chi connectivity index (χ4v) is 1.76. The van der Waals surface area contributed by atoms with Gasteiger partial charge in [-0.1, -0.05) is 18.2 Å². The predicted molar refractivity (Wildman–Crippen MR) is 60.1 cm³/mol. The number of fused-ring (bicyclic) bond motifs is 2. The van der Waals surface area contributed by atoms with Gasteiger partial charge in [0.1, 0.15) is 0 Å². The van der Waals surface area contributed by atoms with Gasteiger partial charge in [-0.25, -0.2) is 9.50 Å². The number of hydrogen-bond acceptors (Lipinski definition) is 2. The SMILES string of the molecule is ClCc1cn2nc3ccccc3cc2n1. The molecule has 0 spiro atoms. The molecule has 0 N–H and O–H groups in total. The zero-order valence-corrected chi connectivity index (χ0v) is 8.65. The number of rotatable bonds is 1. The highest BCUT2D eigenvalue weighted by Gasteiger charge is 2.02. The van der Waals surface area contributed by atoms with E-state index in [0.29, 0.717) is 5.88 Å². The Morgan fingerprint density at radius 1 is 1.27 bits per heavy atom. The van der Waals surface area contributed by atoms with Crippen LogP contribution in [0.3, 0.4) is 0 Å². The molecule has 0 aliphatic carbocycles. The lowest BCUT2D eigenvalue weighted by atomic mass is 10.2. The van der Waals surface area contributed by atoms with Crippen LogP contribution in [0.1, 0.15) is 5.69 Å². The molecule has 4 heteroatoms. The Morgan fingerprint density at radius 2 is 2.13 bits per heavy atom. The van der Waals surface area contributed by atoms with E-state index in [2.05, 4.69) is 10.1 Å². The average molecular weight is 218 g/mol. The highest BCUT2D eigenvalue weighted by Crippen LogP contribution is 2.14. The predicted octanol–water partition coefficient (Wildman–Crippen LogP) is 2.62. The van der Waals surface area contributed by atoms with E-state index in [-0.39, 0.29) is 0 Å². The van der Waals surface area contributed by atoms with Crippen LogP contribution in [-0.4, -0.2) is 14.6 Å². The van der Waals surface area contributed by atoms with Gasteiger partial charge in [-0.3, -0.25) is 0 Å². The third kappa shape index (κ3) is 1.36. The lowest BCUT2D eigenvalue weighted by Gasteiger charge is -1.96. The highest BCUT2D eigenvalue weighted by molar-refractivity contribution is 6.16. The molecule has 0 saturated heterocycles. The topological polar surface area (TPSA) is 30.2 Å². The van der Waals surface area contributed by atoms with Crippen LogP contribution in [0.5, 0.6) is 0 Å². The Labute approximate surface area is 91.3 Å². The Morgan fingerprint density at radius 3 is 3.00 bits per heavy atom. The first-order valence-corrected chi connectivity index (χ1v) is 5.20. The summed E-state index contributed by atoms with van der Waals surface area (Å²) in [7, 11) is 0. The molecule has 0 aliphatic rings. The zero-order valence-electron chi connectivity index (χ0n) is 7.89. The molecular weight excluding hydrogens is 210 g/mol. The van der Waals surface area contributed by atoms with Crippen molar-refractivity contribution < 1.29 is 0 Å². The number of nitrogens with zero attached hydrogens (tertiary/aromatic N) is 3. The van der Waals surface area contributed by atoms with E-state index in [1.165, 1.54) is 0 Å². The van der Waals surface area contributed by atoms with Gasteiger partial charge in [-0.15, -0.1) is 11.6 Å². The van der Waals surface area contributed by atoms with Gasteiger partial charge in [0.05, 0.1) is 23.3 Å². The largest absolute Gasteiger partial charge is 0.231 e. The summed E-state index contributed by atoms with van der Waals surface area (Å²) in [5, 5.41) is 5.54. The van der Waals surface area contributed by atoms with Crippen LogP contribution in [-0.2, 0) is 5.88 Å². The van der Waals surface area contributed by atoms with Crippen molar-refractivity contribution in [2.75, 3.05) is 0 Å². The van der Waals surface area contributed by atoms with Crippen LogP contribution in [0, 0.1) is 0 Å². The second-order valence-corrected chi connectivity index (χ2v) is 3.64. The third-order valence-corrected chi connectivity index (χ3v) is 2.61. The summed E-state index contributed by atoms with van der Waals surface area (Å²) in [4.78, 5) is 4.35. The second-order valence-electron chi connectivity index (χ2n) is 3.37. The molecule has 0 amide bonds. The maximum Gasteiger partial charge on any atom is 0.154 e. The van der Waals surface area contributed by atoms with Gasteiger partial charge >= 0.3 is 0 Å². The number of benzene rings is 1. The van der Waals surface area contributed by atoms with Crippen molar-refractivity contribution in [3.8, 4) is 0 Å². The number of aromatic nitrogens is 3. The smallest absolute Gasteiger partial charge is 0.154 e. The van der Waals surface area contributed by atoms with E-state index in [9.17, 15) is 0 Å². The molecule has 3 aromatic rings. The second kappa shape index (κ2) is 3.21. The van der Waals surface area contributed by atoms with Gasteiger partial charge in [-0.05, 0) is 12.1 Å². The molecule has 3 nitrogen and oxygen atoms in total. The lowest BCUT2D eigenvalue weighted by Crippen LogP contribution is -1.90. The Balaban J connectivity index is 2.39. The van der Waals surface area contributed by atoms with E-state index in [0.717, 1.165) is 22.2 Å². The molecule has 3 rings (SSSR count). The molecule has 0 radical (unpaired) electrons. The van der Waals surface area contributed by atoms with E-state index in [4.69, 9.17) is 11.6 Å². The summed E-state index contributed by atoms with van der Waals surface area (Å²) in [5.41, 5.74) is 2.65. The minimum absolute atomic E-state index is 0.416. The number of hydrogen-bond donors (Lipinski definition) is 0. The molecular formula is C11H8ClN3. The van der Waals surface area contributed by atoms with Gasteiger partial charge in [0.25, 0.3) is 0 Å². The van der Waals surface area contributed by atoms with Crippen LogP contribution in [0.25, 0.3) is 16.6 Å². The molecule has 1 aromatic carbocycles. The molecule has 0 atom stereocenters. The summed E-state index contributed by atoms with van der Waals surface area (Å²) in [6, 6.07) is 9.98. The summed E-state index contributed by atoms with van der Waals surface area (Å²) >= 11 is 5.73. The minimum Gasteiger partial charge on any atom is -0.231 e. The molecule has 0 saturated carbocycles. The first kappa shape index (κ1) is 8.68. The summed E-state index contributed by atoms with van der Waals surface area (Å²) in [6.45, 7) is 0. The normalized spacial score (nSPS) is 11.3. The maximum absolute atomic E-state index is 5.73.